The fourth-order valence-electron chi connectivity index (χ4n) is 2.26. The van der Waals surface area contributed by atoms with Crippen LogP contribution in [-0.2, 0) is 4.74 Å². The molecule has 1 amide bonds. The molecular weight excluding hydrogens is 310 g/mol. The van der Waals surface area contributed by atoms with Gasteiger partial charge < -0.3 is 20.2 Å². The number of nitrogens with two attached hydrogens (primary N) is 1. The lowest BCUT2D eigenvalue weighted by atomic mass is 10.2. The predicted octanol–water partition coefficient (Wildman–Crippen LogP) is 2.78. The number of nitrogens with zero attached hydrogens (tertiary/aromatic N) is 2. The molecule has 0 saturated carbocycles. The number of hydrogen-bond acceptors (Lipinski definition) is 6. The summed E-state index contributed by atoms with van der Waals surface area (Å²) in [7, 11) is 1.61. The number of aromatic nitrogens is 3. The second kappa shape index (κ2) is 6.45. The van der Waals surface area contributed by atoms with Gasteiger partial charge in [0.15, 0.2) is 5.82 Å². The summed E-state index contributed by atoms with van der Waals surface area (Å²) in [4.78, 5) is 23.3. The molecule has 0 fully saturated rings. The van der Waals surface area contributed by atoms with Crippen LogP contribution in [0.15, 0.2) is 30.3 Å². The van der Waals surface area contributed by atoms with Crippen LogP contribution in [0.25, 0.3) is 22.4 Å². The van der Waals surface area contributed by atoms with Gasteiger partial charge in [0.25, 0.3) is 0 Å². The Morgan fingerprint density at radius 2 is 2.04 bits per heavy atom. The van der Waals surface area contributed by atoms with Crippen molar-refractivity contribution < 1.29 is 14.3 Å². The summed E-state index contributed by atoms with van der Waals surface area (Å²) in [5.74, 6) is 1.92. The van der Waals surface area contributed by atoms with E-state index in [-0.39, 0.29) is 12.4 Å². The normalized spacial score (nSPS) is 10.6. The third-order valence-corrected chi connectivity index (χ3v) is 3.37. The van der Waals surface area contributed by atoms with E-state index >= 15 is 0 Å². The molecule has 1 aromatic carbocycles. The highest BCUT2D eigenvalue weighted by Gasteiger charge is 2.12. The first-order valence-corrected chi connectivity index (χ1v) is 7.35. The minimum atomic E-state index is -0.585. The van der Waals surface area contributed by atoms with Crippen LogP contribution in [-0.4, -0.2) is 34.8 Å². The fourth-order valence-corrected chi connectivity index (χ4v) is 2.26. The number of nitrogen functional groups attached to an aromatic ring is 1. The molecule has 24 heavy (non-hydrogen) atoms. The first-order valence-electron chi connectivity index (χ1n) is 7.35. The van der Waals surface area contributed by atoms with E-state index in [1.165, 1.54) is 0 Å². The van der Waals surface area contributed by atoms with Gasteiger partial charge in [-0.25, -0.2) is 14.8 Å². The Hall–Kier alpha value is -3.29. The number of fused-ring (bicyclic) bond motifs is 1. The predicted molar refractivity (Wildman–Crippen MR) is 90.9 cm³/mol. The molecule has 0 aliphatic heterocycles. The number of benzene rings is 1. The number of hydrogen-bond donors (Lipinski definition) is 3. The number of nitrogens with one attached hydrogen (secondary N) is 2. The maximum atomic E-state index is 11.5. The second-order valence-electron chi connectivity index (χ2n) is 4.95. The number of amides is 1. The lowest BCUT2D eigenvalue weighted by Crippen LogP contribution is -2.14. The van der Waals surface area contributed by atoms with Crippen LogP contribution in [0, 0.1) is 0 Å². The average Bonchev–Trinajstić information content (AvgIpc) is 3.00. The summed E-state index contributed by atoms with van der Waals surface area (Å²) in [6, 6.07) is 9.12. The Kier molecular flexibility index (Phi) is 4.19. The highest BCUT2D eigenvalue weighted by Crippen LogP contribution is 2.26. The first-order chi connectivity index (χ1) is 11.6. The molecule has 8 heteroatoms. The Balaban J connectivity index is 1.94. The third-order valence-electron chi connectivity index (χ3n) is 3.37. The number of pyridine rings is 1. The number of anilines is 2. The molecule has 0 aliphatic carbocycles. The summed E-state index contributed by atoms with van der Waals surface area (Å²) in [5.41, 5.74) is 8.02. The van der Waals surface area contributed by atoms with Crippen molar-refractivity contribution in [1.29, 1.82) is 0 Å². The van der Waals surface area contributed by atoms with Gasteiger partial charge in [-0.1, -0.05) is 0 Å². The van der Waals surface area contributed by atoms with Crippen LogP contribution in [0.1, 0.15) is 6.92 Å². The van der Waals surface area contributed by atoms with Crippen molar-refractivity contribution in [3.05, 3.63) is 30.3 Å². The number of carbonyl (C=O) groups excluding carboxylic acids is 1. The van der Waals surface area contributed by atoms with E-state index in [9.17, 15) is 4.79 Å². The van der Waals surface area contributed by atoms with E-state index in [0.717, 1.165) is 11.3 Å². The molecule has 2 heterocycles. The number of methoxy groups -OCH3 is 1. The third kappa shape index (κ3) is 3.07. The quantitative estimate of drug-likeness (QED) is 0.678. The fraction of sp³-hybridized carbons (Fsp3) is 0.188. The van der Waals surface area contributed by atoms with E-state index in [1.54, 1.807) is 20.1 Å². The topological polar surface area (TPSA) is 115 Å². The SMILES string of the molecule is CCOC(=O)Nc1cc2[nH]c(-c3ccc(OC)cc3)nc2c(N)n1. The Labute approximate surface area is 138 Å². The molecule has 0 atom stereocenters. The summed E-state index contributed by atoms with van der Waals surface area (Å²) in [6.07, 6.45) is -0.585. The number of rotatable bonds is 4. The van der Waals surface area contributed by atoms with Gasteiger partial charge in [0, 0.05) is 11.6 Å². The largest absolute Gasteiger partial charge is 0.497 e. The molecular formula is C16H17N5O3. The van der Waals surface area contributed by atoms with Gasteiger partial charge in [-0.05, 0) is 31.2 Å². The van der Waals surface area contributed by atoms with Gasteiger partial charge in [0.1, 0.15) is 22.9 Å². The molecule has 0 bridgehead atoms. The van der Waals surface area contributed by atoms with Gasteiger partial charge in [0.05, 0.1) is 19.2 Å². The van der Waals surface area contributed by atoms with Gasteiger partial charge in [0.2, 0.25) is 0 Å². The molecule has 0 aliphatic rings. The average molecular weight is 327 g/mol. The second-order valence-corrected chi connectivity index (χ2v) is 4.95. The van der Waals surface area contributed by atoms with Gasteiger partial charge in [-0.2, -0.15) is 0 Å². The Bertz CT molecular complexity index is 873. The molecule has 3 aromatic rings. The zero-order chi connectivity index (χ0) is 17.1. The molecule has 0 radical (unpaired) electrons. The van der Waals surface area contributed by atoms with Gasteiger partial charge in [-0.3, -0.25) is 5.32 Å². The Morgan fingerprint density at radius 1 is 1.29 bits per heavy atom. The lowest BCUT2D eigenvalue weighted by Gasteiger charge is -2.05. The number of H-pyrrole nitrogens is 1. The highest BCUT2D eigenvalue weighted by atomic mass is 16.5. The minimum Gasteiger partial charge on any atom is -0.497 e. The first kappa shape index (κ1) is 15.6. The summed E-state index contributed by atoms with van der Waals surface area (Å²) in [5, 5.41) is 2.52. The van der Waals surface area contributed by atoms with Crippen molar-refractivity contribution in [1.82, 2.24) is 15.0 Å². The van der Waals surface area contributed by atoms with Crippen molar-refractivity contribution in [2.24, 2.45) is 0 Å². The smallest absolute Gasteiger partial charge is 0.412 e. The van der Waals surface area contributed by atoms with E-state index in [4.69, 9.17) is 15.2 Å². The van der Waals surface area contributed by atoms with E-state index in [1.807, 2.05) is 24.3 Å². The molecule has 4 N–H and O–H groups in total. The van der Waals surface area contributed by atoms with Crippen molar-refractivity contribution in [2.45, 2.75) is 6.92 Å². The molecule has 0 unspecified atom stereocenters. The summed E-state index contributed by atoms with van der Waals surface area (Å²) >= 11 is 0. The zero-order valence-electron chi connectivity index (χ0n) is 13.3. The van der Waals surface area contributed by atoms with Crippen LogP contribution in [0.5, 0.6) is 5.75 Å². The Morgan fingerprint density at radius 3 is 2.71 bits per heavy atom. The molecule has 8 nitrogen and oxygen atoms in total. The van der Waals surface area contributed by atoms with E-state index in [2.05, 4.69) is 20.3 Å². The standard InChI is InChI=1S/C16H17N5O3/c1-3-24-16(22)20-12-8-11-13(14(17)19-12)21-15(18-11)9-4-6-10(23-2)7-5-9/h4-8H,3H2,1-2H3,(H,18,21)(H3,17,19,20,22). The minimum absolute atomic E-state index is 0.218. The van der Waals surface area contributed by atoms with E-state index in [0.29, 0.717) is 22.7 Å². The number of aromatic amines is 1. The lowest BCUT2D eigenvalue weighted by molar-refractivity contribution is 0.168. The molecule has 124 valence electrons. The number of imidazole rings is 1. The highest BCUT2D eigenvalue weighted by molar-refractivity contribution is 5.92. The van der Waals surface area contributed by atoms with Crippen LogP contribution in [0.2, 0.25) is 0 Å². The van der Waals surface area contributed by atoms with Crippen molar-refractivity contribution >= 4 is 28.8 Å². The van der Waals surface area contributed by atoms with Crippen LogP contribution in [0.3, 0.4) is 0 Å². The summed E-state index contributed by atoms with van der Waals surface area (Å²) < 4.78 is 9.97. The van der Waals surface area contributed by atoms with Gasteiger partial charge >= 0.3 is 6.09 Å². The summed E-state index contributed by atoms with van der Waals surface area (Å²) in [6.45, 7) is 2.00. The molecule has 2 aromatic heterocycles. The zero-order valence-corrected chi connectivity index (χ0v) is 13.3. The van der Waals surface area contributed by atoms with Crippen molar-refractivity contribution in [3.63, 3.8) is 0 Å². The maximum absolute atomic E-state index is 11.5. The van der Waals surface area contributed by atoms with Crippen molar-refractivity contribution in [2.75, 3.05) is 24.8 Å². The number of ether oxygens (including phenoxy) is 2. The van der Waals surface area contributed by atoms with Gasteiger partial charge in [-0.15, -0.1) is 0 Å². The van der Waals surface area contributed by atoms with Crippen LogP contribution >= 0.6 is 0 Å². The molecule has 0 saturated heterocycles. The monoisotopic (exact) mass is 327 g/mol. The maximum Gasteiger partial charge on any atom is 0.412 e. The van der Waals surface area contributed by atoms with Crippen LogP contribution in [0.4, 0.5) is 16.4 Å². The van der Waals surface area contributed by atoms with Crippen molar-refractivity contribution in [3.8, 4) is 17.1 Å². The van der Waals surface area contributed by atoms with E-state index < -0.39 is 6.09 Å². The molecule has 0 spiro atoms. The van der Waals surface area contributed by atoms with Crippen LogP contribution < -0.4 is 15.8 Å². The number of carbonyl (C=O) groups is 1. The molecule has 3 rings (SSSR count).